The van der Waals surface area contributed by atoms with E-state index in [9.17, 15) is 14.9 Å². The number of hydrogen-bond acceptors (Lipinski definition) is 7. The summed E-state index contributed by atoms with van der Waals surface area (Å²) >= 11 is 0. The lowest BCUT2D eigenvalue weighted by Crippen LogP contribution is -2.29. The van der Waals surface area contributed by atoms with Gasteiger partial charge in [-0.15, -0.1) is 10.2 Å². The third kappa shape index (κ3) is 5.13. The first kappa shape index (κ1) is 19.0. The number of carbonyl (C=O) groups excluding carboxylic acids is 1. The van der Waals surface area contributed by atoms with E-state index in [1.807, 2.05) is 30.3 Å². The number of benzene rings is 2. The van der Waals surface area contributed by atoms with Gasteiger partial charge in [-0.25, -0.2) is 0 Å². The average molecular weight is 381 g/mol. The van der Waals surface area contributed by atoms with Gasteiger partial charge in [-0.1, -0.05) is 30.3 Å². The highest BCUT2D eigenvalue weighted by atomic mass is 16.6. The molecule has 0 fully saturated rings. The van der Waals surface area contributed by atoms with Gasteiger partial charge in [-0.3, -0.25) is 14.9 Å². The van der Waals surface area contributed by atoms with Gasteiger partial charge in [-0.2, -0.15) is 0 Å². The fourth-order valence-electron chi connectivity index (χ4n) is 2.54. The van der Waals surface area contributed by atoms with Crippen LogP contribution in [0.1, 0.15) is 12.3 Å². The molecule has 1 heterocycles. The van der Waals surface area contributed by atoms with Gasteiger partial charge in [0.05, 0.1) is 4.92 Å². The first-order chi connectivity index (χ1) is 13.6. The summed E-state index contributed by atoms with van der Waals surface area (Å²) in [6.45, 7) is 0.708. The van der Waals surface area contributed by atoms with Gasteiger partial charge in [0.2, 0.25) is 17.7 Å². The Labute approximate surface area is 160 Å². The van der Waals surface area contributed by atoms with Gasteiger partial charge < -0.3 is 15.1 Å². The number of nitrogens with zero attached hydrogens (tertiary/aromatic N) is 3. The average Bonchev–Trinajstić information content (AvgIpc) is 3.20. The number of amides is 1. The molecule has 1 amide bonds. The van der Waals surface area contributed by atoms with Crippen LogP contribution < -0.4 is 10.6 Å². The van der Waals surface area contributed by atoms with Crippen LogP contribution in [0.2, 0.25) is 0 Å². The maximum Gasteiger partial charge on any atom is 0.292 e. The number of aryl methyl sites for hydroxylation is 1. The predicted molar refractivity (Wildman–Crippen MR) is 103 cm³/mol. The fraction of sp³-hybridized carbons (Fsp3) is 0.211. The Morgan fingerprint density at radius 2 is 1.79 bits per heavy atom. The van der Waals surface area contributed by atoms with E-state index in [4.69, 9.17) is 4.42 Å². The van der Waals surface area contributed by atoms with Gasteiger partial charge >= 0.3 is 0 Å². The summed E-state index contributed by atoms with van der Waals surface area (Å²) < 4.78 is 5.56. The lowest BCUT2D eigenvalue weighted by Gasteiger charge is -2.08. The minimum atomic E-state index is -0.449. The van der Waals surface area contributed by atoms with Crippen LogP contribution in [-0.4, -0.2) is 34.1 Å². The maximum absolute atomic E-state index is 11.9. The molecule has 1 aromatic heterocycles. The third-order valence-electron chi connectivity index (χ3n) is 3.92. The number of hydrogen-bond donors (Lipinski definition) is 2. The third-order valence-corrected chi connectivity index (χ3v) is 3.92. The van der Waals surface area contributed by atoms with Crippen molar-refractivity contribution in [2.75, 3.05) is 18.4 Å². The molecule has 3 rings (SSSR count). The Hall–Kier alpha value is -3.75. The lowest BCUT2D eigenvalue weighted by atomic mass is 10.2. The molecule has 0 atom stereocenters. The van der Waals surface area contributed by atoms with E-state index in [-0.39, 0.29) is 18.0 Å². The summed E-state index contributed by atoms with van der Waals surface area (Å²) in [5.74, 6) is 0.653. The molecule has 0 saturated carbocycles. The summed E-state index contributed by atoms with van der Waals surface area (Å²) in [4.78, 5) is 22.4. The first-order valence-electron chi connectivity index (χ1n) is 8.75. The second-order valence-electron chi connectivity index (χ2n) is 5.92. The van der Waals surface area contributed by atoms with Crippen LogP contribution in [0, 0.1) is 10.1 Å². The lowest BCUT2D eigenvalue weighted by molar-refractivity contribution is -0.384. The molecule has 0 aliphatic rings. The molecule has 0 saturated heterocycles. The van der Waals surface area contributed by atoms with Crippen LogP contribution in [0.5, 0.6) is 0 Å². The number of para-hydroxylation sites is 2. The van der Waals surface area contributed by atoms with Crippen LogP contribution in [0.25, 0.3) is 11.5 Å². The molecular formula is C19H19N5O4. The van der Waals surface area contributed by atoms with Crippen molar-refractivity contribution in [3.63, 3.8) is 0 Å². The number of anilines is 1. The van der Waals surface area contributed by atoms with E-state index in [0.717, 1.165) is 5.56 Å². The highest BCUT2D eigenvalue weighted by Crippen LogP contribution is 2.22. The molecule has 0 spiro atoms. The highest BCUT2D eigenvalue weighted by molar-refractivity contribution is 5.76. The largest absolute Gasteiger partial charge is 0.421 e. The number of nitro benzene ring substituents is 1. The molecule has 9 heteroatoms. The minimum Gasteiger partial charge on any atom is -0.421 e. The van der Waals surface area contributed by atoms with E-state index >= 15 is 0 Å². The molecule has 28 heavy (non-hydrogen) atoms. The van der Waals surface area contributed by atoms with Crippen molar-refractivity contribution in [3.05, 3.63) is 70.6 Å². The smallest absolute Gasteiger partial charge is 0.292 e. The molecule has 3 aromatic rings. The molecule has 144 valence electrons. The van der Waals surface area contributed by atoms with Crippen molar-refractivity contribution in [1.29, 1.82) is 0 Å². The van der Waals surface area contributed by atoms with E-state index in [0.29, 0.717) is 37.0 Å². The number of carbonyl (C=O) groups is 1. The molecule has 0 aliphatic heterocycles. The van der Waals surface area contributed by atoms with Crippen molar-refractivity contribution >= 4 is 17.3 Å². The quantitative estimate of drug-likeness (QED) is 0.332. The van der Waals surface area contributed by atoms with Gasteiger partial charge in [0.25, 0.3) is 5.69 Å². The second-order valence-corrected chi connectivity index (χ2v) is 5.92. The number of nitrogens with one attached hydrogen (secondary N) is 2. The normalized spacial score (nSPS) is 10.4. The predicted octanol–water partition coefficient (Wildman–Crippen LogP) is 2.81. The summed E-state index contributed by atoms with van der Waals surface area (Å²) in [5, 5.41) is 24.6. The fourth-order valence-corrected chi connectivity index (χ4v) is 2.54. The SMILES string of the molecule is O=C(CCc1nnc(-c2ccccc2)o1)NCCNc1ccccc1[N+](=O)[O-]. The standard InChI is InChI=1S/C19H19N5O4/c25-17(21-13-12-20-15-8-4-5-9-16(15)24(26)27)10-11-18-22-23-19(28-18)14-6-2-1-3-7-14/h1-9,20H,10-13H2,(H,21,25). The van der Waals surface area contributed by atoms with Crippen LogP contribution in [0.3, 0.4) is 0 Å². The zero-order chi connectivity index (χ0) is 19.8. The van der Waals surface area contributed by atoms with Crippen LogP contribution >= 0.6 is 0 Å². The number of aromatic nitrogens is 2. The van der Waals surface area contributed by atoms with Crippen LogP contribution in [0.15, 0.2) is 59.0 Å². The highest BCUT2D eigenvalue weighted by Gasteiger charge is 2.12. The molecule has 0 aliphatic carbocycles. The molecule has 2 N–H and O–H groups in total. The van der Waals surface area contributed by atoms with Gasteiger partial charge in [0, 0.05) is 37.6 Å². The molecule has 0 unspecified atom stereocenters. The zero-order valence-electron chi connectivity index (χ0n) is 15.0. The Balaban J connectivity index is 1.40. The Morgan fingerprint density at radius 1 is 1.04 bits per heavy atom. The molecule has 0 bridgehead atoms. The second kappa shape index (κ2) is 9.26. The summed E-state index contributed by atoms with van der Waals surface area (Å²) in [6, 6.07) is 15.8. The van der Waals surface area contributed by atoms with Gasteiger partial charge in [0.1, 0.15) is 5.69 Å². The first-order valence-corrected chi connectivity index (χ1v) is 8.75. The molecular weight excluding hydrogens is 362 g/mol. The Kier molecular flexibility index (Phi) is 6.29. The van der Waals surface area contributed by atoms with Crippen molar-refractivity contribution in [3.8, 4) is 11.5 Å². The van der Waals surface area contributed by atoms with Crippen molar-refractivity contribution in [2.45, 2.75) is 12.8 Å². The molecule has 2 aromatic carbocycles. The Bertz CT molecular complexity index is 942. The van der Waals surface area contributed by atoms with E-state index in [1.165, 1.54) is 6.07 Å². The van der Waals surface area contributed by atoms with Crippen molar-refractivity contribution in [1.82, 2.24) is 15.5 Å². The van der Waals surface area contributed by atoms with E-state index in [2.05, 4.69) is 20.8 Å². The summed E-state index contributed by atoms with van der Waals surface area (Å²) in [5.41, 5.74) is 1.24. The Morgan fingerprint density at radius 3 is 2.57 bits per heavy atom. The van der Waals surface area contributed by atoms with Crippen LogP contribution in [0.4, 0.5) is 11.4 Å². The summed E-state index contributed by atoms with van der Waals surface area (Å²) in [7, 11) is 0. The van der Waals surface area contributed by atoms with Gasteiger partial charge in [0.15, 0.2) is 0 Å². The molecule has 9 nitrogen and oxygen atoms in total. The van der Waals surface area contributed by atoms with Crippen LogP contribution in [-0.2, 0) is 11.2 Å². The summed E-state index contributed by atoms with van der Waals surface area (Å²) in [6.07, 6.45) is 0.547. The monoisotopic (exact) mass is 381 g/mol. The zero-order valence-corrected chi connectivity index (χ0v) is 15.0. The van der Waals surface area contributed by atoms with E-state index in [1.54, 1.807) is 18.2 Å². The minimum absolute atomic E-state index is 0.000518. The van der Waals surface area contributed by atoms with E-state index < -0.39 is 4.92 Å². The topological polar surface area (TPSA) is 123 Å². The number of nitro groups is 1. The van der Waals surface area contributed by atoms with Crippen molar-refractivity contribution < 1.29 is 14.1 Å². The van der Waals surface area contributed by atoms with Crippen molar-refractivity contribution in [2.24, 2.45) is 0 Å². The maximum atomic E-state index is 11.9. The van der Waals surface area contributed by atoms with Gasteiger partial charge in [-0.05, 0) is 18.2 Å². The number of rotatable bonds is 9. The molecule has 0 radical (unpaired) electrons.